The highest BCUT2D eigenvalue weighted by Gasteiger charge is 2.42. The Morgan fingerprint density at radius 2 is 1.97 bits per heavy atom. The predicted molar refractivity (Wildman–Crippen MR) is 122 cm³/mol. The first kappa shape index (κ1) is 21.4. The van der Waals surface area contributed by atoms with Crippen LogP contribution in [0.1, 0.15) is 69.6 Å². The minimum atomic E-state index is -0.499. The van der Waals surface area contributed by atoms with Gasteiger partial charge < -0.3 is 10.3 Å². The van der Waals surface area contributed by atoms with Gasteiger partial charge in [0.25, 0.3) is 5.56 Å². The van der Waals surface area contributed by atoms with Gasteiger partial charge in [-0.25, -0.2) is 4.98 Å². The quantitative estimate of drug-likeness (QED) is 0.533. The highest BCUT2D eigenvalue weighted by molar-refractivity contribution is 7.99. The Morgan fingerprint density at radius 3 is 2.61 bits per heavy atom. The molecule has 1 aromatic heterocycles. The SMILES string of the molecule is CC[C@@H](C)Sc1nc2c(c(=O)[nH]1)[C@H](c1ccc(C#N)cc1)C1=C(CC(C)(C)CC1=O)N2. The average Bonchev–Trinajstić information content (AvgIpc) is 2.71. The molecular formula is C24H26N4O2S. The Kier molecular flexibility index (Phi) is 5.52. The van der Waals surface area contributed by atoms with Crippen molar-refractivity contribution in [1.29, 1.82) is 5.26 Å². The van der Waals surface area contributed by atoms with Gasteiger partial charge in [0, 0.05) is 28.9 Å². The lowest BCUT2D eigenvalue weighted by Crippen LogP contribution is -2.37. The number of H-pyrrole nitrogens is 1. The van der Waals surface area contributed by atoms with Crippen LogP contribution in [0.2, 0.25) is 0 Å². The van der Waals surface area contributed by atoms with Crippen molar-refractivity contribution < 1.29 is 4.79 Å². The number of aromatic nitrogens is 2. The van der Waals surface area contributed by atoms with E-state index in [0.29, 0.717) is 45.8 Å². The number of rotatable bonds is 4. The van der Waals surface area contributed by atoms with E-state index in [-0.39, 0.29) is 16.8 Å². The molecule has 2 N–H and O–H groups in total. The summed E-state index contributed by atoms with van der Waals surface area (Å²) < 4.78 is 0. The molecule has 2 aliphatic rings. The van der Waals surface area contributed by atoms with Crippen LogP contribution in [0.5, 0.6) is 0 Å². The Labute approximate surface area is 186 Å². The molecule has 0 fully saturated rings. The number of carbonyl (C=O) groups excluding carboxylic acids is 1. The summed E-state index contributed by atoms with van der Waals surface area (Å²) in [5, 5.41) is 13.4. The first-order chi connectivity index (χ1) is 14.7. The molecular weight excluding hydrogens is 408 g/mol. The number of Topliss-reactive ketones (excluding diaryl/α,β-unsaturated/α-hetero) is 1. The van der Waals surface area contributed by atoms with Crippen molar-refractivity contribution in [2.24, 2.45) is 5.41 Å². The molecule has 0 saturated heterocycles. The second-order valence-electron chi connectivity index (χ2n) is 9.10. The molecule has 0 radical (unpaired) electrons. The summed E-state index contributed by atoms with van der Waals surface area (Å²) in [6.45, 7) is 8.36. The number of fused-ring (bicyclic) bond motifs is 1. The van der Waals surface area contributed by atoms with Crippen LogP contribution in [0, 0.1) is 16.7 Å². The summed E-state index contributed by atoms with van der Waals surface area (Å²) in [6, 6.07) is 9.23. The molecule has 0 amide bonds. The smallest absolute Gasteiger partial charge is 0.257 e. The maximum atomic E-state index is 13.2. The number of benzene rings is 1. The first-order valence-corrected chi connectivity index (χ1v) is 11.4. The van der Waals surface area contributed by atoms with Crippen molar-refractivity contribution in [1.82, 2.24) is 9.97 Å². The molecule has 1 aromatic carbocycles. The van der Waals surface area contributed by atoms with Gasteiger partial charge >= 0.3 is 0 Å². The third kappa shape index (κ3) is 4.05. The highest BCUT2D eigenvalue weighted by Crippen LogP contribution is 2.47. The van der Waals surface area contributed by atoms with Crippen LogP contribution in [-0.4, -0.2) is 21.0 Å². The minimum Gasteiger partial charge on any atom is -0.343 e. The maximum Gasteiger partial charge on any atom is 0.257 e. The predicted octanol–water partition coefficient (Wildman–Crippen LogP) is 4.73. The molecule has 0 bridgehead atoms. The Bertz CT molecular complexity index is 1170. The van der Waals surface area contributed by atoms with Crippen molar-refractivity contribution in [3.63, 3.8) is 0 Å². The van der Waals surface area contributed by atoms with E-state index in [9.17, 15) is 9.59 Å². The molecule has 2 aromatic rings. The van der Waals surface area contributed by atoms with Crippen molar-refractivity contribution in [2.45, 2.75) is 63.3 Å². The summed E-state index contributed by atoms with van der Waals surface area (Å²) in [5.41, 5.74) is 2.91. The fourth-order valence-electron chi connectivity index (χ4n) is 4.31. The fraction of sp³-hybridized carbons (Fsp3) is 0.417. The van der Waals surface area contributed by atoms with Crippen molar-refractivity contribution in [3.05, 3.63) is 62.6 Å². The number of ketones is 1. The number of nitriles is 1. The van der Waals surface area contributed by atoms with Crippen LogP contribution >= 0.6 is 11.8 Å². The molecule has 0 unspecified atom stereocenters. The molecule has 6 nitrogen and oxygen atoms in total. The zero-order chi connectivity index (χ0) is 22.3. The molecule has 0 saturated carbocycles. The van der Waals surface area contributed by atoms with Crippen LogP contribution < -0.4 is 10.9 Å². The largest absolute Gasteiger partial charge is 0.343 e. The lowest BCUT2D eigenvalue weighted by molar-refractivity contribution is -0.118. The molecule has 0 spiro atoms. The molecule has 7 heteroatoms. The molecule has 2 atom stereocenters. The molecule has 1 aliphatic heterocycles. The van der Waals surface area contributed by atoms with Crippen molar-refractivity contribution in [2.75, 3.05) is 5.32 Å². The standard InChI is InChI=1S/C24H26N4O2S/c1-5-13(2)31-23-27-21-20(22(30)28-23)18(15-8-6-14(12-25)7-9-15)19-16(26-21)10-24(3,4)11-17(19)29/h6-9,13,18H,5,10-11H2,1-4H3,(H2,26,27,28,30)/t13-,18-/m1/s1. The summed E-state index contributed by atoms with van der Waals surface area (Å²) >= 11 is 1.54. The zero-order valence-corrected chi connectivity index (χ0v) is 19.0. The number of aromatic amines is 1. The van der Waals surface area contributed by atoms with Crippen LogP contribution in [0.4, 0.5) is 5.82 Å². The van der Waals surface area contributed by atoms with E-state index >= 15 is 0 Å². The van der Waals surface area contributed by atoms with Gasteiger partial charge in [-0.1, -0.05) is 51.6 Å². The summed E-state index contributed by atoms with van der Waals surface area (Å²) in [7, 11) is 0. The zero-order valence-electron chi connectivity index (χ0n) is 18.2. The fourth-order valence-corrected chi connectivity index (χ4v) is 5.15. The van der Waals surface area contributed by atoms with E-state index in [1.807, 2.05) is 12.1 Å². The van der Waals surface area contributed by atoms with Crippen LogP contribution in [0.3, 0.4) is 0 Å². The first-order valence-electron chi connectivity index (χ1n) is 10.6. The third-order valence-electron chi connectivity index (χ3n) is 5.96. The van der Waals surface area contributed by atoms with Crippen molar-refractivity contribution in [3.8, 4) is 6.07 Å². The summed E-state index contributed by atoms with van der Waals surface area (Å²) in [4.78, 5) is 34.1. The molecule has 31 heavy (non-hydrogen) atoms. The second kappa shape index (κ2) is 8.01. The van der Waals surface area contributed by atoms with Gasteiger partial charge in [-0.15, -0.1) is 0 Å². The Morgan fingerprint density at radius 1 is 1.26 bits per heavy atom. The van der Waals surface area contributed by atoms with E-state index < -0.39 is 5.92 Å². The Balaban J connectivity index is 1.90. The molecule has 2 heterocycles. The Hall–Kier alpha value is -2.85. The third-order valence-corrected chi connectivity index (χ3v) is 7.11. The summed E-state index contributed by atoms with van der Waals surface area (Å²) in [6.07, 6.45) is 2.11. The van der Waals surface area contributed by atoms with E-state index in [1.165, 1.54) is 11.8 Å². The molecule has 1 aliphatic carbocycles. The number of allylic oxidation sites excluding steroid dienone is 2. The lowest BCUT2D eigenvalue weighted by atomic mass is 9.69. The van der Waals surface area contributed by atoms with E-state index in [4.69, 9.17) is 10.2 Å². The maximum absolute atomic E-state index is 13.2. The van der Waals surface area contributed by atoms with Crippen LogP contribution in [0.25, 0.3) is 0 Å². The topological polar surface area (TPSA) is 98.6 Å². The number of anilines is 1. The number of nitrogens with zero attached hydrogens (tertiary/aromatic N) is 2. The van der Waals surface area contributed by atoms with E-state index in [0.717, 1.165) is 17.7 Å². The van der Waals surface area contributed by atoms with Crippen LogP contribution in [-0.2, 0) is 4.79 Å². The summed E-state index contributed by atoms with van der Waals surface area (Å²) in [5.74, 6) is 0.0749. The van der Waals surface area contributed by atoms with Gasteiger partial charge in [0.2, 0.25) is 0 Å². The lowest BCUT2D eigenvalue weighted by Gasteiger charge is -2.38. The van der Waals surface area contributed by atoms with Gasteiger partial charge in [-0.3, -0.25) is 9.59 Å². The monoisotopic (exact) mass is 434 g/mol. The van der Waals surface area contributed by atoms with Crippen LogP contribution in [0.15, 0.2) is 45.5 Å². The highest BCUT2D eigenvalue weighted by atomic mass is 32.2. The number of hydrogen-bond acceptors (Lipinski definition) is 6. The average molecular weight is 435 g/mol. The second-order valence-corrected chi connectivity index (χ2v) is 10.5. The number of thioether (sulfide) groups is 1. The van der Waals surface area contributed by atoms with Gasteiger partial charge in [0.05, 0.1) is 17.2 Å². The molecule has 160 valence electrons. The van der Waals surface area contributed by atoms with Gasteiger partial charge in [-0.2, -0.15) is 5.26 Å². The van der Waals surface area contributed by atoms with E-state index in [2.05, 4.69) is 44.1 Å². The van der Waals surface area contributed by atoms with E-state index in [1.54, 1.807) is 12.1 Å². The van der Waals surface area contributed by atoms with Gasteiger partial charge in [0.15, 0.2) is 10.9 Å². The number of carbonyl (C=O) groups is 1. The van der Waals surface area contributed by atoms with Gasteiger partial charge in [-0.05, 0) is 36.0 Å². The number of nitrogens with one attached hydrogen (secondary N) is 2. The number of hydrogen-bond donors (Lipinski definition) is 2. The minimum absolute atomic E-state index is 0.0521. The van der Waals surface area contributed by atoms with Crippen molar-refractivity contribution >= 4 is 23.4 Å². The van der Waals surface area contributed by atoms with Gasteiger partial charge in [0.1, 0.15) is 5.82 Å². The normalized spacial score (nSPS) is 20.4. The molecule has 4 rings (SSSR count).